The van der Waals surface area contributed by atoms with Gasteiger partial charge in [-0.15, -0.1) is 0 Å². The number of allylic oxidation sites excluding steroid dienone is 1. The smallest absolute Gasteiger partial charge is 0.410 e. The largest absolute Gasteiger partial charge is 0.464 e. The van der Waals surface area contributed by atoms with Crippen molar-refractivity contribution in [2.24, 2.45) is 5.92 Å². The predicted octanol–water partition coefficient (Wildman–Crippen LogP) is 5.65. The highest BCUT2D eigenvalue weighted by molar-refractivity contribution is 6.11. The highest BCUT2D eigenvalue weighted by atomic mass is 19.1. The zero-order valence-electron chi connectivity index (χ0n) is 31.8. The normalized spacial score (nSPS) is 26.1. The number of carbonyl (C=O) groups excluding carboxylic acids is 6. The molecule has 0 radical (unpaired) electrons. The first-order valence-corrected chi connectivity index (χ1v) is 19.0. The van der Waals surface area contributed by atoms with E-state index in [9.17, 15) is 28.4 Å². The van der Waals surface area contributed by atoms with Crippen molar-refractivity contribution in [1.29, 1.82) is 0 Å². The van der Waals surface area contributed by atoms with E-state index in [1.807, 2.05) is 12.2 Å². The summed E-state index contributed by atoms with van der Waals surface area (Å²) >= 11 is 0. The second-order valence-electron chi connectivity index (χ2n) is 15.5. The summed E-state index contributed by atoms with van der Waals surface area (Å²) in [6, 6.07) is 10.2. The Kier molecular flexibility index (Phi) is 11.6. The first-order chi connectivity index (χ1) is 26.2. The molecule has 6 rings (SSSR count). The summed E-state index contributed by atoms with van der Waals surface area (Å²) < 4.78 is 31.5. The van der Waals surface area contributed by atoms with Gasteiger partial charge in [0.1, 0.15) is 29.6 Å². The highest BCUT2D eigenvalue weighted by Gasteiger charge is 2.68. The molecule has 5 amide bonds. The van der Waals surface area contributed by atoms with Crippen LogP contribution in [-0.2, 0) is 41.7 Å². The van der Waals surface area contributed by atoms with Crippen LogP contribution in [0, 0.1) is 11.7 Å². The lowest BCUT2D eigenvalue weighted by atomic mass is 10.0. The van der Waals surface area contributed by atoms with Crippen molar-refractivity contribution in [3.05, 3.63) is 83.2 Å². The third-order valence-corrected chi connectivity index (χ3v) is 10.5. The molecule has 294 valence electrons. The minimum Gasteiger partial charge on any atom is -0.464 e. The molecule has 1 saturated carbocycles. The number of fused-ring (bicyclic) bond motifs is 3. The van der Waals surface area contributed by atoms with Crippen LogP contribution in [0.2, 0.25) is 0 Å². The molecule has 3 heterocycles. The topological polar surface area (TPSA) is 152 Å². The van der Waals surface area contributed by atoms with E-state index in [1.165, 1.54) is 28.0 Å². The SMILES string of the molecule is CCOC(=O)[C@@]12C[C@H]1/C=C\CCCCC[C@H](NC(=O)OC(C)(C)C)C(=O)N1C[C@H](OC(=O)N3Cc4cccc(F)c4C3)C[C@H]1C(=O)N2C(=O)c1ccccc1. The molecule has 1 N–H and O–H groups in total. The Hall–Kier alpha value is -5.27. The zero-order valence-corrected chi connectivity index (χ0v) is 31.8. The summed E-state index contributed by atoms with van der Waals surface area (Å²) in [7, 11) is 0. The first kappa shape index (κ1) is 39.4. The predicted molar refractivity (Wildman–Crippen MR) is 197 cm³/mol. The van der Waals surface area contributed by atoms with E-state index in [0.717, 1.165) is 17.7 Å². The van der Waals surface area contributed by atoms with Crippen LogP contribution >= 0.6 is 0 Å². The molecule has 0 bridgehead atoms. The second kappa shape index (κ2) is 16.2. The molecule has 55 heavy (non-hydrogen) atoms. The van der Waals surface area contributed by atoms with Gasteiger partial charge in [0, 0.05) is 30.0 Å². The summed E-state index contributed by atoms with van der Waals surface area (Å²) in [4.78, 5) is 88.3. The van der Waals surface area contributed by atoms with Gasteiger partial charge in [-0.2, -0.15) is 0 Å². The third kappa shape index (κ3) is 8.52. The molecule has 0 aromatic heterocycles. The Morgan fingerprint density at radius 1 is 0.964 bits per heavy atom. The number of benzene rings is 2. The van der Waals surface area contributed by atoms with Crippen LogP contribution in [0.15, 0.2) is 60.7 Å². The first-order valence-electron chi connectivity index (χ1n) is 19.0. The van der Waals surface area contributed by atoms with Crippen molar-refractivity contribution in [2.45, 2.75) is 115 Å². The van der Waals surface area contributed by atoms with E-state index in [0.29, 0.717) is 24.0 Å². The van der Waals surface area contributed by atoms with Crippen LogP contribution in [0.5, 0.6) is 0 Å². The molecule has 1 saturated heterocycles. The van der Waals surface area contributed by atoms with Gasteiger partial charge in [-0.25, -0.2) is 18.8 Å². The van der Waals surface area contributed by atoms with Gasteiger partial charge in [0.15, 0.2) is 5.54 Å². The number of halogens is 1. The fraction of sp³-hybridized carbons (Fsp3) is 0.512. The fourth-order valence-electron chi connectivity index (χ4n) is 7.72. The Morgan fingerprint density at radius 3 is 2.44 bits per heavy atom. The molecule has 2 fully saturated rings. The van der Waals surface area contributed by atoms with Crippen LogP contribution in [0.4, 0.5) is 14.0 Å². The molecule has 4 aliphatic rings. The molecule has 1 aliphatic carbocycles. The number of ether oxygens (including phenoxy) is 3. The lowest BCUT2D eigenvalue weighted by Gasteiger charge is -2.35. The molecular weight excluding hydrogens is 711 g/mol. The maximum Gasteiger partial charge on any atom is 0.410 e. The molecule has 2 aromatic rings. The summed E-state index contributed by atoms with van der Waals surface area (Å²) in [6.45, 7) is 6.59. The number of carbonyl (C=O) groups is 6. The van der Waals surface area contributed by atoms with E-state index in [2.05, 4.69) is 5.32 Å². The van der Waals surface area contributed by atoms with E-state index in [4.69, 9.17) is 14.2 Å². The van der Waals surface area contributed by atoms with Gasteiger partial charge in [-0.3, -0.25) is 24.2 Å². The number of rotatable bonds is 5. The highest BCUT2D eigenvalue weighted by Crippen LogP contribution is 2.52. The minimum atomic E-state index is -1.68. The number of amides is 5. The molecule has 2 aromatic carbocycles. The van der Waals surface area contributed by atoms with Gasteiger partial charge >= 0.3 is 18.2 Å². The Bertz CT molecular complexity index is 1850. The number of hydrogen-bond donors (Lipinski definition) is 1. The fourth-order valence-corrected chi connectivity index (χ4v) is 7.72. The monoisotopic (exact) mass is 760 g/mol. The van der Waals surface area contributed by atoms with Crippen LogP contribution in [0.3, 0.4) is 0 Å². The summed E-state index contributed by atoms with van der Waals surface area (Å²) in [5.74, 6) is -3.93. The summed E-state index contributed by atoms with van der Waals surface area (Å²) in [5, 5.41) is 2.70. The molecule has 14 heteroatoms. The van der Waals surface area contributed by atoms with Crippen LogP contribution in [0.25, 0.3) is 0 Å². The quantitative estimate of drug-likeness (QED) is 0.176. The van der Waals surface area contributed by atoms with E-state index in [1.54, 1.807) is 58.0 Å². The molecular formula is C41H49FN4O9. The maximum atomic E-state index is 15.1. The molecule has 3 aliphatic heterocycles. The Labute approximate surface area is 320 Å². The number of alkyl carbamates (subject to hydrolysis) is 1. The van der Waals surface area contributed by atoms with Crippen molar-refractivity contribution in [3.8, 4) is 0 Å². The van der Waals surface area contributed by atoms with Gasteiger partial charge in [0.05, 0.1) is 19.7 Å². The van der Waals surface area contributed by atoms with Crippen LogP contribution < -0.4 is 5.32 Å². The number of nitrogens with zero attached hydrogens (tertiary/aromatic N) is 3. The van der Waals surface area contributed by atoms with Gasteiger partial charge < -0.3 is 24.4 Å². The van der Waals surface area contributed by atoms with Gasteiger partial charge in [-0.1, -0.05) is 55.3 Å². The average Bonchev–Trinajstić information content (AvgIpc) is 3.44. The van der Waals surface area contributed by atoms with Crippen LogP contribution in [-0.4, -0.2) is 93.1 Å². The standard InChI is InChI=1S/C41H49FN4O9/c1-5-53-37(50)41-22-28(41)18-12-7-6-8-13-20-32(43-38(51)55-40(2,3)4)35(48)45-24-29(54-39(52)44-23-27-17-14-19-31(42)30(27)25-44)21-33(45)36(49)46(41)34(47)26-15-10-9-11-16-26/h9-12,14-19,28-29,32-33H,5-8,13,20-25H2,1-4H3,(H,43,51)/b18-12-/t28-,29-,32+,33+,41-/m1/s1. The van der Waals surface area contributed by atoms with Gasteiger partial charge in [0.25, 0.3) is 11.8 Å². The minimum absolute atomic E-state index is 0.00687. The van der Waals surface area contributed by atoms with E-state index in [-0.39, 0.29) is 51.1 Å². The van der Waals surface area contributed by atoms with Crippen molar-refractivity contribution in [2.75, 3.05) is 13.2 Å². The summed E-state index contributed by atoms with van der Waals surface area (Å²) in [6.07, 6.45) is 4.01. The number of imide groups is 1. The molecule has 13 nitrogen and oxygen atoms in total. The van der Waals surface area contributed by atoms with Crippen molar-refractivity contribution in [1.82, 2.24) is 20.0 Å². The maximum absolute atomic E-state index is 15.1. The number of hydrogen-bond acceptors (Lipinski definition) is 9. The lowest BCUT2D eigenvalue weighted by molar-refractivity contribution is -0.157. The average molecular weight is 761 g/mol. The number of esters is 1. The molecule has 0 unspecified atom stereocenters. The van der Waals surface area contributed by atoms with Crippen molar-refractivity contribution >= 4 is 35.9 Å². The van der Waals surface area contributed by atoms with Crippen molar-refractivity contribution in [3.63, 3.8) is 0 Å². The summed E-state index contributed by atoms with van der Waals surface area (Å²) in [5.41, 5.74) is -1.36. The Balaban J connectivity index is 1.37. The number of nitrogens with one attached hydrogen (secondary N) is 1. The Morgan fingerprint density at radius 2 is 1.73 bits per heavy atom. The van der Waals surface area contributed by atoms with E-state index >= 15 is 4.79 Å². The van der Waals surface area contributed by atoms with Gasteiger partial charge in [0.2, 0.25) is 5.91 Å². The second-order valence-corrected chi connectivity index (χ2v) is 15.5. The molecule has 0 spiro atoms. The van der Waals surface area contributed by atoms with E-state index < -0.39 is 76.9 Å². The van der Waals surface area contributed by atoms with Crippen LogP contribution in [0.1, 0.15) is 94.1 Å². The lowest BCUT2D eigenvalue weighted by Crippen LogP contribution is -2.59. The molecule has 5 atom stereocenters. The zero-order chi connectivity index (χ0) is 39.5. The third-order valence-electron chi connectivity index (χ3n) is 10.5. The van der Waals surface area contributed by atoms with Crippen molar-refractivity contribution < 1.29 is 47.4 Å². The van der Waals surface area contributed by atoms with Gasteiger partial charge in [-0.05, 0) is 77.1 Å².